The maximum absolute atomic E-state index is 8.82. The Morgan fingerprint density at radius 1 is 0.288 bits per heavy atom. The highest BCUT2D eigenvalue weighted by Gasteiger charge is 2.42. The Bertz CT molecular complexity index is 8040. The predicted octanol–water partition coefficient (Wildman–Crippen LogP) is 28.0. The van der Waals surface area contributed by atoms with Gasteiger partial charge in [0, 0.05) is 149 Å². The van der Waals surface area contributed by atoms with Crippen molar-refractivity contribution in [1.29, 1.82) is 0 Å². The first-order chi connectivity index (χ1) is 69.3. The third-order valence-electron chi connectivity index (χ3n) is 26.2. The first-order valence-corrected chi connectivity index (χ1v) is 44.6. The molecular weight excluding hydrogens is 1640 g/mol. The van der Waals surface area contributed by atoms with E-state index >= 15 is 0 Å². The molecule has 0 bridgehead atoms. The van der Waals surface area contributed by atoms with Gasteiger partial charge in [-0.2, -0.15) is 0 Å². The van der Waals surface area contributed by atoms with Crippen molar-refractivity contribution in [2.24, 2.45) is 0 Å². The minimum Gasteiger partial charge on any atom is -0.435 e. The van der Waals surface area contributed by atoms with Crippen molar-refractivity contribution in [1.82, 2.24) is 34.8 Å². The number of nitrogens with zero attached hydrogens (tertiary/aromatic N) is 16. The Balaban J connectivity index is 0.000000112. The van der Waals surface area contributed by atoms with Crippen molar-refractivity contribution in [3.05, 3.63) is 281 Å². The Morgan fingerprint density at radius 2 is 0.583 bits per heavy atom. The number of pyridine rings is 6. The molecule has 0 amide bonds. The second-order valence-electron chi connectivity index (χ2n) is 35.2. The normalized spacial score (nSPS) is 19.9. The molecule has 668 valence electrons. The molecule has 16 heterocycles. The predicted molar refractivity (Wildman–Crippen MR) is 545 cm³/mol. The minimum absolute atomic E-state index is 0.0212. The highest BCUT2D eigenvalue weighted by molar-refractivity contribution is 6.15. The second kappa shape index (κ2) is 33.1. The van der Waals surface area contributed by atoms with Crippen LogP contribution in [-0.4, -0.2) is 97.6 Å². The summed E-state index contributed by atoms with van der Waals surface area (Å²) in [5, 5.41) is 9.74. The molecule has 0 saturated carbocycles. The molecular formula is C111H114N16O5. The van der Waals surface area contributed by atoms with E-state index in [0.717, 1.165) is 178 Å². The molecule has 24 rings (SSSR count). The average molecular weight is 1770 g/mol. The highest BCUT2D eigenvalue weighted by atomic mass is 16.4. The fourth-order valence-electron chi connectivity index (χ4n) is 19.9. The first-order valence-electron chi connectivity index (χ1n) is 52.1. The summed E-state index contributed by atoms with van der Waals surface area (Å²) in [5.41, 5.74) is 26.6. The van der Waals surface area contributed by atoms with Crippen LogP contribution in [0.4, 0.5) is 74.1 Å². The van der Waals surface area contributed by atoms with Gasteiger partial charge in [0.05, 0.1) is 72.4 Å². The first kappa shape index (κ1) is 69.4. The summed E-state index contributed by atoms with van der Waals surface area (Å²) in [6, 6.07) is 63.4. The molecule has 0 radical (unpaired) electrons. The van der Waals surface area contributed by atoms with E-state index < -0.39 is 64.2 Å². The molecule has 5 aliphatic rings. The molecule has 11 aromatic heterocycles. The lowest BCUT2D eigenvalue weighted by atomic mass is 10.1. The molecule has 0 fully saturated rings. The van der Waals surface area contributed by atoms with Crippen LogP contribution in [0.5, 0.6) is 0 Å². The molecule has 0 N–H and O–H groups in total. The molecule has 21 heteroatoms. The Hall–Kier alpha value is -14.6. The number of benzene rings is 8. The standard InChI is InChI=1S/2C24H25N3O.C22H21N3O.C21H20N4O.C20H23N3O/c2*1-14(2)26-17(5)27(21-9-7-6-8-20(21)26)22-15(3)10-12-18-19-13-11-16(4)25-24(19)28-23(18)22;1-13-9-11-16-17-12-10-14(2)23-22(17)26-21(16)20(13)25-15(3)24(4)18-7-5-6-8-19(18)25;1-12-7-9-15-16-10-8-13(2)23-21(16)26-19(15)18(12)25-14(3)24(4)17-6-5-11-22-20(17)25;1-12(2)22-10-11-23(15(22)5)18-13(3)6-8-16-17-9-7-14(4)21-20(17)24-19(16)18/h2*6-14,17H,1-5H3;5-12,15H,1-4H3;5-11,14H,1-4H3;6-12,15H,1-5H3/i1D3,14D;14D;2*4D3;1D3,12D. The Kier molecular flexibility index (Phi) is 17.4. The number of para-hydroxylation sites is 6. The summed E-state index contributed by atoms with van der Waals surface area (Å²) in [5.74, 6) is 0.608. The zero-order valence-electron chi connectivity index (χ0n) is 92.4. The maximum Gasteiger partial charge on any atom is 0.227 e. The number of hydrogen-bond acceptors (Lipinski definition) is 21. The molecule has 19 aromatic rings. The lowest BCUT2D eigenvalue weighted by Gasteiger charge is -2.33. The molecule has 21 nitrogen and oxygen atoms in total. The summed E-state index contributed by atoms with van der Waals surface area (Å²) < 4.78 is 153. The van der Waals surface area contributed by atoms with Gasteiger partial charge < -0.3 is 71.1 Å². The maximum atomic E-state index is 8.82. The van der Waals surface area contributed by atoms with Crippen molar-refractivity contribution >= 4 is 184 Å². The molecule has 132 heavy (non-hydrogen) atoms. The van der Waals surface area contributed by atoms with E-state index in [9.17, 15) is 0 Å². The number of rotatable bonds is 8. The molecule has 8 aromatic carbocycles. The van der Waals surface area contributed by atoms with Crippen LogP contribution in [0, 0.1) is 69.2 Å². The lowest BCUT2D eigenvalue weighted by Crippen LogP contribution is -2.42. The number of furan rings is 5. The number of anilines is 13. The van der Waals surface area contributed by atoms with Gasteiger partial charge >= 0.3 is 0 Å². The van der Waals surface area contributed by atoms with Crippen LogP contribution >= 0.6 is 0 Å². The molecule has 0 aliphatic carbocycles. The van der Waals surface area contributed by atoms with Gasteiger partial charge in [0.25, 0.3) is 0 Å². The van der Waals surface area contributed by atoms with Crippen LogP contribution in [0.15, 0.2) is 247 Å². The zero-order valence-corrected chi connectivity index (χ0v) is 77.4. The van der Waals surface area contributed by atoms with E-state index in [1.54, 1.807) is 34.3 Å². The quantitative estimate of drug-likeness (QED) is 0.140. The van der Waals surface area contributed by atoms with E-state index in [-0.39, 0.29) is 12.3 Å². The van der Waals surface area contributed by atoms with Crippen molar-refractivity contribution < 1.29 is 42.6 Å². The van der Waals surface area contributed by atoms with Crippen molar-refractivity contribution in [3.8, 4) is 0 Å². The SMILES string of the molecule is [2H]C(C)(C)N1c2ccccc2N(c2c(C)ccc3c2oc2nc(C)ccc23)C1C.[2H]C([2H])([2H])C([2H])(C)N1C=CN(c2c(C)ccc3c2oc2nc(C)ccc23)C1C.[2H]C([2H])([2H])C([2H])(C)N1c2ccccc2N(c2c(C)ccc3c2oc2nc(C)ccc23)C1C.[2H]C([2H])([2H])N1c2ccccc2N(c2c(C)ccc3c2oc2nc(C)ccc23)C1C.[2H]C([2H])([2H])N1c2cccnc2N(c2c(C)ccc3c2oc2nc(C)ccc23)C1C. The van der Waals surface area contributed by atoms with Gasteiger partial charge in [0.2, 0.25) is 28.6 Å². The van der Waals surface area contributed by atoms with Crippen LogP contribution < -0.4 is 44.1 Å². The second-order valence-corrected chi connectivity index (χ2v) is 35.2. The van der Waals surface area contributed by atoms with Gasteiger partial charge in [-0.05, 0) is 282 Å². The van der Waals surface area contributed by atoms with Crippen LogP contribution in [0.3, 0.4) is 0 Å². The summed E-state index contributed by atoms with van der Waals surface area (Å²) in [4.78, 5) is 45.9. The van der Waals surface area contributed by atoms with E-state index in [1.807, 2.05) is 272 Å². The average Bonchev–Trinajstić information content (AvgIpc) is 1.32. The molecule has 0 saturated heterocycles. The van der Waals surface area contributed by atoms with Gasteiger partial charge in [-0.25, -0.2) is 29.9 Å². The Morgan fingerprint density at radius 3 is 0.947 bits per heavy atom. The zero-order chi connectivity index (χ0) is 105. The summed E-state index contributed by atoms with van der Waals surface area (Å²) in [7, 11) is 0. The number of hydrogen-bond donors (Lipinski definition) is 0. The molecule has 0 spiro atoms. The topological polar surface area (TPSA) is 175 Å². The summed E-state index contributed by atoms with van der Waals surface area (Å²) in [6.45, 7) is 26.9. The van der Waals surface area contributed by atoms with Crippen molar-refractivity contribution in [2.75, 3.05) is 58.1 Å². The van der Waals surface area contributed by atoms with Crippen LogP contribution in [-0.2, 0) is 0 Å². The fraction of sp³-hybridized carbons (Fsp3) is 0.279. The highest BCUT2D eigenvalue weighted by Crippen LogP contribution is 2.55. The minimum atomic E-state index is -2.49. The summed E-state index contributed by atoms with van der Waals surface area (Å²) in [6.07, 6.45) is 3.53. The van der Waals surface area contributed by atoms with E-state index in [0.29, 0.717) is 62.5 Å². The Labute approximate surface area is 791 Å². The van der Waals surface area contributed by atoms with Crippen LogP contribution in [0.25, 0.3) is 110 Å². The van der Waals surface area contributed by atoms with Gasteiger partial charge in [0.1, 0.15) is 30.8 Å². The number of aryl methyl sites for hydroxylation is 10. The van der Waals surface area contributed by atoms with Crippen molar-refractivity contribution in [3.63, 3.8) is 0 Å². The molecule has 7 unspecified atom stereocenters. The van der Waals surface area contributed by atoms with Gasteiger partial charge in [-0.1, -0.05) is 97.1 Å². The number of aromatic nitrogens is 6. The fourth-order valence-corrected chi connectivity index (χ4v) is 19.9. The van der Waals surface area contributed by atoms with Gasteiger partial charge in [-0.3, -0.25) is 0 Å². The monoisotopic (exact) mass is 1770 g/mol. The van der Waals surface area contributed by atoms with E-state index in [1.165, 1.54) is 23.6 Å². The van der Waals surface area contributed by atoms with Gasteiger partial charge in [0.15, 0.2) is 33.7 Å². The summed E-state index contributed by atoms with van der Waals surface area (Å²) >= 11 is 0. The van der Waals surface area contributed by atoms with Gasteiger partial charge in [-0.15, -0.1) is 0 Å². The molecule has 5 aliphatic heterocycles. The number of fused-ring (bicyclic) bond motifs is 19. The van der Waals surface area contributed by atoms with Crippen LogP contribution in [0.2, 0.25) is 0 Å². The largest absolute Gasteiger partial charge is 0.435 e. The van der Waals surface area contributed by atoms with Crippen LogP contribution in [0.1, 0.15) is 153 Å². The van der Waals surface area contributed by atoms with Crippen molar-refractivity contribution in [2.45, 2.75) is 194 Å². The molecule has 7 atom stereocenters. The van der Waals surface area contributed by atoms with E-state index in [4.69, 9.17) is 42.6 Å². The van der Waals surface area contributed by atoms with E-state index in [2.05, 4.69) is 106 Å². The lowest BCUT2D eigenvalue weighted by molar-refractivity contribution is 0.263. The third kappa shape index (κ3) is 14.0. The third-order valence-corrected chi connectivity index (χ3v) is 26.2. The smallest absolute Gasteiger partial charge is 0.227 e.